The second kappa shape index (κ2) is 20.4. The summed E-state index contributed by atoms with van der Waals surface area (Å²) in [5.74, 6) is -0.491. The molecule has 23 atom stereocenters. The summed E-state index contributed by atoms with van der Waals surface area (Å²) in [6, 6.07) is 9.04. The van der Waals surface area contributed by atoms with E-state index in [1.807, 2.05) is 39.0 Å². The van der Waals surface area contributed by atoms with Crippen molar-refractivity contribution in [2.45, 2.75) is 216 Å². The predicted octanol–water partition coefficient (Wildman–Crippen LogP) is 5.48. The van der Waals surface area contributed by atoms with E-state index in [9.17, 15) is 24.9 Å². The van der Waals surface area contributed by atoms with E-state index in [4.69, 9.17) is 52.1 Å². The first-order valence-electron chi connectivity index (χ1n) is 24.9. The number of methoxy groups -OCH3 is 3. The zero-order valence-corrected chi connectivity index (χ0v) is 41.2. The number of esters is 2. The maximum atomic E-state index is 13.8. The van der Waals surface area contributed by atoms with Crippen LogP contribution in [-0.2, 0) is 56.9 Å². The Hall–Kier alpha value is -2.32. The Morgan fingerprint density at radius 1 is 0.716 bits per heavy atom. The molecule has 0 spiro atoms. The van der Waals surface area contributed by atoms with Gasteiger partial charge in [-0.2, -0.15) is 0 Å². The predicted molar refractivity (Wildman–Crippen MR) is 240 cm³/mol. The van der Waals surface area contributed by atoms with Crippen LogP contribution in [0.4, 0.5) is 0 Å². The third-order valence-corrected chi connectivity index (χ3v) is 18.0. The second-order valence-corrected chi connectivity index (χ2v) is 21.3. The summed E-state index contributed by atoms with van der Waals surface area (Å²) in [5.41, 5.74) is -1.57. The van der Waals surface area contributed by atoms with Gasteiger partial charge in [0.25, 0.3) is 0 Å². The van der Waals surface area contributed by atoms with Crippen LogP contribution in [0.15, 0.2) is 30.3 Å². The van der Waals surface area contributed by atoms with Crippen molar-refractivity contribution in [1.29, 1.82) is 0 Å². The summed E-state index contributed by atoms with van der Waals surface area (Å²) in [6.45, 7) is 13.3. The van der Waals surface area contributed by atoms with Crippen molar-refractivity contribution < 1.29 is 77.0 Å². The van der Waals surface area contributed by atoms with E-state index < -0.39 is 103 Å². The number of rotatable bonds is 13. The minimum Gasteiger partial charge on any atom is -0.463 e. The van der Waals surface area contributed by atoms with Crippen LogP contribution in [0.3, 0.4) is 0 Å². The Balaban J connectivity index is 0.901. The highest BCUT2D eigenvalue weighted by molar-refractivity contribution is 5.89. The molecule has 0 bridgehead atoms. The standard InChI is InChI=1S/C51H78O16/c1-26(60-30(5)52)34-19-21-51(56)35-17-16-32-22-33(18-20-49(32,6)36(35)23-39(50(34,51)7)65-47(55)31-14-12-11-13-15-31)64-40-24-37(57-8)44(28(3)61-40)66-41-25-38(58-9)45(29(4)62-41)67-48-43(54)46(59-10)42(53)27(2)63-48/h11-15,26-29,32-46,48,53-54,56H,16-25H2,1-10H3/t26-,27-,28-,29-,32+,33+,34-,35-,36?,37+,38+,39-,40+,41+,42-,43-,44-,45-,46-,48+,49+,50+,51+/m1/s1. The van der Waals surface area contributed by atoms with Gasteiger partial charge in [0, 0.05) is 52.4 Å². The van der Waals surface area contributed by atoms with Crippen LogP contribution < -0.4 is 0 Å². The largest absolute Gasteiger partial charge is 0.463 e. The maximum Gasteiger partial charge on any atom is 0.338 e. The Bertz CT molecular complexity index is 1840. The van der Waals surface area contributed by atoms with Crippen molar-refractivity contribution in [2.75, 3.05) is 21.3 Å². The first kappa shape index (κ1) is 51.0. The molecule has 0 aromatic heterocycles. The van der Waals surface area contributed by atoms with Crippen molar-refractivity contribution in [3.8, 4) is 0 Å². The van der Waals surface area contributed by atoms with Gasteiger partial charge in [-0.3, -0.25) is 4.79 Å². The molecule has 4 saturated carbocycles. The van der Waals surface area contributed by atoms with Gasteiger partial charge in [0.1, 0.15) is 42.7 Å². The highest BCUT2D eigenvalue weighted by Crippen LogP contribution is 2.70. The number of hydrogen-bond donors (Lipinski definition) is 3. The van der Waals surface area contributed by atoms with Gasteiger partial charge in [-0.25, -0.2) is 4.79 Å². The average Bonchev–Trinajstić information content (AvgIpc) is 3.59. The van der Waals surface area contributed by atoms with Crippen LogP contribution >= 0.6 is 0 Å². The molecular weight excluding hydrogens is 869 g/mol. The minimum atomic E-state index is -1.22. The van der Waals surface area contributed by atoms with Crippen LogP contribution in [0.25, 0.3) is 0 Å². The lowest BCUT2D eigenvalue weighted by atomic mass is 9.42. The molecule has 378 valence electrons. The summed E-state index contributed by atoms with van der Waals surface area (Å²) in [6.07, 6.45) is -2.74. The molecular formula is C51H78O16. The van der Waals surface area contributed by atoms with Gasteiger partial charge in [0.2, 0.25) is 0 Å². The van der Waals surface area contributed by atoms with Crippen LogP contribution in [0.2, 0.25) is 0 Å². The average molecular weight is 947 g/mol. The van der Waals surface area contributed by atoms with Crippen molar-refractivity contribution in [3.63, 3.8) is 0 Å². The summed E-state index contributed by atoms with van der Waals surface area (Å²) in [4.78, 5) is 26.0. The summed E-state index contributed by atoms with van der Waals surface area (Å²) in [5, 5.41) is 34.5. The van der Waals surface area contributed by atoms with Crippen molar-refractivity contribution >= 4 is 11.9 Å². The Labute approximate surface area is 396 Å². The lowest BCUT2D eigenvalue weighted by molar-refractivity contribution is -0.352. The number of aliphatic hydroxyl groups is 3. The van der Waals surface area contributed by atoms with Gasteiger partial charge in [-0.05, 0) is 114 Å². The van der Waals surface area contributed by atoms with Gasteiger partial charge >= 0.3 is 11.9 Å². The van der Waals surface area contributed by atoms with Crippen molar-refractivity contribution in [2.24, 2.45) is 34.5 Å². The highest BCUT2D eigenvalue weighted by Gasteiger charge is 2.72. The summed E-state index contributed by atoms with van der Waals surface area (Å²) >= 11 is 0. The van der Waals surface area contributed by atoms with Crippen LogP contribution in [0, 0.1) is 34.5 Å². The molecule has 67 heavy (non-hydrogen) atoms. The molecule has 7 aliphatic rings. The summed E-state index contributed by atoms with van der Waals surface area (Å²) < 4.78 is 68.1. The number of carbonyl (C=O) groups is 2. The van der Waals surface area contributed by atoms with E-state index in [0.29, 0.717) is 43.6 Å². The molecule has 0 radical (unpaired) electrons. The van der Waals surface area contributed by atoms with Crippen LogP contribution in [-0.4, -0.2) is 152 Å². The number of carbonyl (C=O) groups excluding carboxylic acids is 2. The molecule has 3 N–H and O–H groups in total. The molecule has 1 unspecified atom stereocenters. The number of fused-ring (bicyclic) bond motifs is 5. The fourth-order valence-corrected chi connectivity index (χ4v) is 14.3. The normalized spacial score (nSPS) is 48.0. The molecule has 1 aromatic carbocycles. The molecule has 4 aliphatic carbocycles. The van der Waals surface area contributed by atoms with Crippen LogP contribution in [0.5, 0.6) is 0 Å². The Kier molecular flexibility index (Phi) is 15.6. The van der Waals surface area contributed by atoms with E-state index in [1.54, 1.807) is 33.3 Å². The Morgan fingerprint density at radius 3 is 1.99 bits per heavy atom. The Morgan fingerprint density at radius 2 is 1.36 bits per heavy atom. The van der Waals surface area contributed by atoms with Gasteiger partial charge in [-0.15, -0.1) is 0 Å². The van der Waals surface area contributed by atoms with Crippen molar-refractivity contribution in [3.05, 3.63) is 35.9 Å². The van der Waals surface area contributed by atoms with Crippen molar-refractivity contribution in [1.82, 2.24) is 0 Å². The van der Waals surface area contributed by atoms with Gasteiger partial charge in [-0.1, -0.05) is 32.0 Å². The molecule has 7 fully saturated rings. The minimum absolute atomic E-state index is 0.00864. The molecule has 3 aliphatic heterocycles. The SMILES string of the molecule is CO[C@H]1[C@@H](O)[C@H](O[C@H]2[C@@H](OC)C[C@H](O[C@H]3[C@@H](OC)C[C@H](O[C@H]4CC[C@]5(C)C6C[C@@H](OC(=O)c7ccccc7)[C@]7(C)[C@@H]([C@@H](C)OC(C)=O)CC[C@]7(O)[C@@H]6CC[C@H]5C4)O[C@@H]3C)O[C@@H]2C)O[C@H](C)[C@H]1O. The first-order valence-corrected chi connectivity index (χ1v) is 24.9. The fraction of sp³-hybridized carbons (Fsp3) is 0.843. The number of aliphatic hydroxyl groups excluding tert-OH is 2. The van der Waals surface area contributed by atoms with E-state index in [2.05, 4.69) is 13.8 Å². The monoisotopic (exact) mass is 947 g/mol. The molecule has 16 heteroatoms. The smallest absolute Gasteiger partial charge is 0.338 e. The number of benzene rings is 1. The number of ether oxygens (including phenoxy) is 11. The zero-order valence-electron chi connectivity index (χ0n) is 41.2. The van der Waals surface area contributed by atoms with E-state index in [0.717, 1.165) is 32.1 Å². The topological polar surface area (TPSA) is 196 Å². The maximum absolute atomic E-state index is 13.8. The lowest BCUT2D eigenvalue weighted by Crippen LogP contribution is -2.68. The number of hydrogen-bond acceptors (Lipinski definition) is 16. The zero-order chi connectivity index (χ0) is 48.2. The van der Waals surface area contributed by atoms with Gasteiger partial charge in [0.05, 0.1) is 47.8 Å². The summed E-state index contributed by atoms with van der Waals surface area (Å²) in [7, 11) is 4.70. The van der Waals surface area contributed by atoms with Gasteiger partial charge < -0.3 is 67.4 Å². The van der Waals surface area contributed by atoms with E-state index in [-0.39, 0.29) is 41.3 Å². The third kappa shape index (κ3) is 9.50. The van der Waals surface area contributed by atoms with E-state index >= 15 is 0 Å². The molecule has 0 amide bonds. The molecule has 3 saturated heterocycles. The second-order valence-electron chi connectivity index (χ2n) is 21.3. The lowest BCUT2D eigenvalue weighted by Gasteiger charge is -2.65. The molecule has 16 nitrogen and oxygen atoms in total. The quantitative estimate of drug-likeness (QED) is 0.166. The molecule has 3 heterocycles. The molecule has 1 aromatic rings. The third-order valence-electron chi connectivity index (χ3n) is 18.0. The van der Waals surface area contributed by atoms with E-state index in [1.165, 1.54) is 14.0 Å². The van der Waals surface area contributed by atoms with Crippen LogP contribution in [0.1, 0.15) is 123 Å². The fourth-order valence-electron chi connectivity index (χ4n) is 14.3. The highest BCUT2D eigenvalue weighted by atomic mass is 16.8. The van der Waals surface area contributed by atoms with Gasteiger partial charge in [0.15, 0.2) is 18.9 Å². The molecule has 8 rings (SSSR count). The first-order chi connectivity index (χ1) is 31.9.